The predicted molar refractivity (Wildman–Crippen MR) is 92.9 cm³/mol. The van der Waals surface area contributed by atoms with Gasteiger partial charge in [-0.2, -0.15) is 4.98 Å². The number of amides is 1. The Bertz CT molecular complexity index is 780. The molecule has 1 aromatic carbocycles. The molecule has 0 radical (unpaired) electrons. The smallest absolute Gasteiger partial charge is 0.410 e. The van der Waals surface area contributed by atoms with Crippen molar-refractivity contribution >= 4 is 6.09 Å². The fraction of sp³-hybridized carbons (Fsp3) is 0.500. The highest BCUT2D eigenvalue weighted by Gasteiger charge is 2.29. The average molecular weight is 362 g/mol. The van der Waals surface area contributed by atoms with Crippen molar-refractivity contribution in [1.82, 2.24) is 19.9 Å². The number of rotatable bonds is 4. The minimum Gasteiger partial charge on any atom is -0.450 e. The van der Waals surface area contributed by atoms with Gasteiger partial charge < -0.3 is 14.2 Å². The molecule has 0 spiro atoms. The van der Waals surface area contributed by atoms with Gasteiger partial charge in [0.2, 0.25) is 0 Å². The van der Waals surface area contributed by atoms with Crippen LogP contribution in [0.2, 0.25) is 0 Å². The van der Waals surface area contributed by atoms with Gasteiger partial charge in [0, 0.05) is 25.7 Å². The number of halogens is 1. The molecule has 2 heterocycles. The third kappa shape index (κ3) is 4.01. The monoisotopic (exact) mass is 362 g/mol. The van der Waals surface area contributed by atoms with E-state index in [1.54, 1.807) is 24.0 Å². The molecule has 0 saturated carbocycles. The Balaban J connectivity index is 1.63. The molecule has 1 saturated heterocycles. The fourth-order valence-corrected chi connectivity index (χ4v) is 3.08. The van der Waals surface area contributed by atoms with E-state index in [2.05, 4.69) is 15.0 Å². The van der Waals surface area contributed by atoms with Crippen LogP contribution in [0, 0.1) is 12.7 Å². The van der Waals surface area contributed by atoms with Gasteiger partial charge in [0.1, 0.15) is 5.82 Å². The molecule has 1 fully saturated rings. The number of aromatic nitrogens is 2. The number of carbonyl (C=O) groups is 1. The van der Waals surface area contributed by atoms with Gasteiger partial charge in [0.15, 0.2) is 5.82 Å². The minimum atomic E-state index is -0.387. The van der Waals surface area contributed by atoms with E-state index in [-0.39, 0.29) is 23.8 Å². The van der Waals surface area contributed by atoms with E-state index in [1.165, 1.54) is 6.07 Å². The number of hydrogen-bond donors (Lipinski definition) is 0. The summed E-state index contributed by atoms with van der Waals surface area (Å²) in [5, 5.41) is 3.97. The molecule has 140 valence electrons. The second-order valence-corrected chi connectivity index (χ2v) is 6.48. The zero-order chi connectivity index (χ0) is 18.7. The van der Waals surface area contributed by atoms with Gasteiger partial charge in [-0.15, -0.1) is 0 Å². The number of ether oxygens (including phenoxy) is 1. The standard InChI is InChI=1S/C18H23FN4O3/c1-4-25-18(24)23-8-7-22(10-13(23)3)11-16-20-17(26-21-16)14-9-12(2)5-6-15(14)19/h5-6,9,13H,4,7-8,10-11H2,1-3H3/t13-/m0/s1. The zero-order valence-electron chi connectivity index (χ0n) is 15.2. The summed E-state index contributed by atoms with van der Waals surface area (Å²) >= 11 is 0. The third-order valence-electron chi connectivity index (χ3n) is 4.40. The van der Waals surface area contributed by atoms with Crippen LogP contribution >= 0.6 is 0 Å². The molecule has 0 aliphatic carbocycles. The van der Waals surface area contributed by atoms with E-state index in [9.17, 15) is 9.18 Å². The molecule has 8 heteroatoms. The number of aryl methyl sites for hydroxylation is 1. The molecule has 1 atom stereocenters. The maximum absolute atomic E-state index is 14.0. The summed E-state index contributed by atoms with van der Waals surface area (Å²) in [4.78, 5) is 20.1. The Morgan fingerprint density at radius 2 is 2.23 bits per heavy atom. The lowest BCUT2D eigenvalue weighted by atomic mass is 10.1. The second-order valence-electron chi connectivity index (χ2n) is 6.48. The van der Waals surface area contributed by atoms with Gasteiger partial charge in [-0.25, -0.2) is 9.18 Å². The molecule has 2 aromatic rings. The van der Waals surface area contributed by atoms with Crippen molar-refractivity contribution in [2.24, 2.45) is 0 Å². The summed E-state index contributed by atoms with van der Waals surface area (Å²) in [6.45, 7) is 8.45. The highest BCUT2D eigenvalue weighted by Crippen LogP contribution is 2.23. The first-order valence-electron chi connectivity index (χ1n) is 8.72. The van der Waals surface area contributed by atoms with E-state index >= 15 is 0 Å². The van der Waals surface area contributed by atoms with Crippen LogP contribution < -0.4 is 0 Å². The van der Waals surface area contributed by atoms with Crippen LogP contribution in [0.4, 0.5) is 9.18 Å². The quantitative estimate of drug-likeness (QED) is 0.833. The van der Waals surface area contributed by atoms with Gasteiger partial charge in [0.25, 0.3) is 5.89 Å². The second kappa shape index (κ2) is 7.82. The number of carbonyl (C=O) groups excluding carboxylic acids is 1. The van der Waals surface area contributed by atoms with Crippen LogP contribution in [0.5, 0.6) is 0 Å². The van der Waals surface area contributed by atoms with Gasteiger partial charge in [0.05, 0.1) is 18.7 Å². The zero-order valence-corrected chi connectivity index (χ0v) is 15.2. The van der Waals surface area contributed by atoms with Gasteiger partial charge >= 0.3 is 6.09 Å². The fourth-order valence-electron chi connectivity index (χ4n) is 3.08. The number of benzene rings is 1. The normalized spacial score (nSPS) is 18.2. The molecular formula is C18H23FN4O3. The summed E-state index contributed by atoms with van der Waals surface area (Å²) in [5.41, 5.74) is 1.23. The van der Waals surface area contributed by atoms with E-state index in [4.69, 9.17) is 9.26 Å². The highest BCUT2D eigenvalue weighted by atomic mass is 19.1. The first kappa shape index (κ1) is 18.3. The maximum Gasteiger partial charge on any atom is 0.410 e. The number of piperazine rings is 1. The Morgan fingerprint density at radius 1 is 1.42 bits per heavy atom. The van der Waals surface area contributed by atoms with Gasteiger partial charge in [-0.1, -0.05) is 16.8 Å². The van der Waals surface area contributed by atoms with Crippen molar-refractivity contribution in [3.8, 4) is 11.5 Å². The van der Waals surface area contributed by atoms with Crippen molar-refractivity contribution < 1.29 is 18.4 Å². The lowest BCUT2D eigenvalue weighted by Crippen LogP contribution is -2.53. The minimum absolute atomic E-state index is 0.0309. The topological polar surface area (TPSA) is 71.7 Å². The Labute approximate surface area is 151 Å². The van der Waals surface area contributed by atoms with Crippen LogP contribution in [-0.4, -0.2) is 58.3 Å². The maximum atomic E-state index is 14.0. The van der Waals surface area contributed by atoms with E-state index < -0.39 is 0 Å². The summed E-state index contributed by atoms with van der Waals surface area (Å²) in [5.74, 6) is 0.291. The van der Waals surface area contributed by atoms with Crippen LogP contribution in [-0.2, 0) is 11.3 Å². The molecule has 1 aliphatic heterocycles. The van der Waals surface area contributed by atoms with Crippen molar-refractivity contribution in [3.63, 3.8) is 0 Å². The van der Waals surface area contributed by atoms with Gasteiger partial charge in [-0.3, -0.25) is 4.90 Å². The largest absolute Gasteiger partial charge is 0.450 e. The third-order valence-corrected chi connectivity index (χ3v) is 4.40. The summed E-state index contributed by atoms with van der Waals surface area (Å²) in [6, 6.07) is 4.81. The molecule has 0 N–H and O–H groups in total. The molecule has 3 rings (SSSR count). The highest BCUT2D eigenvalue weighted by molar-refractivity contribution is 5.68. The van der Waals surface area contributed by atoms with Crippen molar-refractivity contribution in [2.45, 2.75) is 33.4 Å². The molecule has 1 amide bonds. The number of hydrogen-bond acceptors (Lipinski definition) is 6. The predicted octanol–water partition coefficient (Wildman–Crippen LogP) is 2.85. The summed E-state index contributed by atoms with van der Waals surface area (Å²) < 4.78 is 24.3. The number of nitrogens with zero attached hydrogens (tertiary/aromatic N) is 4. The van der Waals surface area contributed by atoms with Crippen LogP contribution in [0.15, 0.2) is 22.7 Å². The van der Waals surface area contributed by atoms with E-state index in [0.29, 0.717) is 44.2 Å². The van der Waals surface area contributed by atoms with Crippen molar-refractivity contribution in [1.29, 1.82) is 0 Å². The molecular weight excluding hydrogens is 339 g/mol. The summed E-state index contributed by atoms with van der Waals surface area (Å²) in [7, 11) is 0. The lowest BCUT2D eigenvalue weighted by molar-refractivity contribution is 0.0510. The van der Waals surface area contributed by atoms with E-state index in [1.807, 2.05) is 13.8 Å². The molecule has 26 heavy (non-hydrogen) atoms. The molecule has 1 aromatic heterocycles. The SMILES string of the molecule is CCOC(=O)N1CCN(Cc2noc(-c3cc(C)ccc3F)n2)C[C@@H]1C. The van der Waals surface area contributed by atoms with Gasteiger partial charge in [-0.05, 0) is 32.9 Å². The van der Waals surface area contributed by atoms with E-state index in [0.717, 1.165) is 5.56 Å². The molecule has 0 unspecified atom stereocenters. The van der Waals surface area contributed by atoms with Crippen molar-refractivity contribution in [3.05, 3.63) is 35.4 Å². The average Bonchev–Trinajstić information content (AvgIpc) is 3.05. The van der Waals surface area contributed by atoms with Crippen LogP contribution in [0.25, 0.3) is 11.5 Å². The van der Waals surface area contributed by atoms with Crippen LogP contribution in [0.1, 0.15) is 25.2 Å². The first-order chi connectivity index (χ1) is 12.5. The molecule has 0 bridgehead atoms. The lowest BCUT2D eigenvalue weighted by Gasteiger charge is -2.38. The molecule has 1 aliphatic rings. The molecule has 7 nitrogen and oxygen atoms in total. The summed E-state index contributed by atoms with van der Waals surface area (Å²) in [6.07, 6.45) is -0.281. The Hall–Kier alpha value is -2.48. The Morgan fingerprint density at radius 3 is 2.96 bits per heavy atom. The Kier molecular flexibility index (Phi) is 5.51. The van der Waals surface area contributed by atoms with Crippen LogP contribution in [0.3, 0.4) is 0 Å². The first-order valence-corrected chi connectivity index (χ1v) is 8.72. The van der Waals surface area contributed by atoms with Crippen molar-refractivity contribution in [2.75, 3.05) is 26.2 Å².